The van der Waals surface area contributed by atoms with E-state index in [9.17, 15) is 4.39 Å². The summed E-state index contributed by atoms with van der Waals surface area (Å²) in [5, 5.41) is 3.15. The summed E-state index contributed by atoms with van der Waals surface area (Å²) in [6, 6.07) is 13.1. The van der Waals surface area contributed by atoms with Crippen LogP contribution in [0, 0.1) is 5.82 Å². The quantitative estimate of drug-likeness (QED) is 0.868. The predicted molar refractivity (Wildman–Crippen MR) is 72.3 cm³/mol. The number of halogens is 1. The van der Waals surface area contributed by atoms with Crippen molar-refractivity contribution in [2.45, 2.75) is 13.1 Å². The van der Waals surface area contributed by atoms with Gasteiger partial charge in [-0.3, -0.25) is 0 Å². The van der Waals surface area contributed by atoms with Gasteiger partial charge in [0.25, 0.3) is 0 Å². The van der Waals surface area contributed by atoms with E-state index >= 15 is 0 Å². The van der Waals surface area contributed by atoms with Gasteiger partial charge in [-0.15, -0.1) is 0 Å². The molecule has 0 aromatic heterocycles. The van der Waals surface area contributed by atoms with Gasteiger partial charge in [0.05, 0.1) is 0 Å². The van der Waals surface area contributed by atoms with Crippen LogP contribution in [0.25, 0.3) is 0 Å². The summed E-state index contributed by atoms with van der Waals surface area (Å²) in [5.74, 6) is -0.187. The molecule has 0 saturated heterocycles. The van der Waals surface area contributed by atoms with Crippen molar-refractivity contribution in [3.63, 3.8) is 0 Å². The summed E-state index contributed by atoms with van der Waals surface area (Å²) in [6.45, 7) is 1.78. The number of benzene rings is 2. The lowest BCUT2D eigenvalue weighted by Crippen LogP contribution is -2.14. The second kappa shape index (κ2) is 4.33. The Bertz CT molecular complexity index is 563. The number of nitrogens with zero attached hydrogens (tertiary/aromatic N) is 1. The van der Waals surface area contributed by atoms with E-state index in [2.05, 4.69) is 28.4 Å². The molecule has 92 valence electrons. The predicted octanol–water partition coefficient (Wildman–Crippen LogP) is 3.39. The minimum Gasteiger partial charge on any atom is -0.388 e. The molecule has 1 aliphatic heterocycles. The molecule has 1 heterocycles. The Kier molecular flexibility index (Phi) is 2.67. The average molecular weight is 242 g/mol. The van der Waals surface area contributed by atoms with E-state index in [1.807, 2.05) is 19.2 Å². The largest absolute Gasteiger partial charge is 0.388 e. The Balaban J connectivity index is 1.86. The van der Waals surface area contributed by atoms with Gasteiger partial charge >= 0.3 is 0 Å². The zero-order chi connectivity index (χ0) is 12.5. The molecular formula is C15H15FN2. The summed E-state index contributed by atoms with van der Waals surface area (Å²) < 4.78 is 12.9. The maximum absolute atomic E-state index is 12.9. The Morgan fingerprint density at radius 3 is 2.44 bits per heavy atom. The molecule has 0 amide bonds. The third-order valence-electron chi connectivity index (χ3n) is 3.41. The van der Waals surface area contributed by atoms with E-state index in [1.54, 1.807) is 0 Å². The van der Waals surface area contributed by atoms with Crippen LogP contribution in [-0.4, -0.2) is 7.05 Å². The van der Waals surface area contributed by atoms with Crippen LogP contribution in [0.1, 0.15) is 11.1 Å². The van der Waals surface area contributed by atoms with Crippen LogP contribution < -0.4 is 10.2 Å². The second-order valence-corrected chi connectivity index (χ2v) is 4.57. The Labute approximate surface area is 106 Å². The zero-order valence-corrected chi connectivity index (χ0v) is 10.3. The maximum Gasteiger partial charge on any atom is 0.123 e. The molecule has 1 N–H and O–H groups in total. The molecule has 0 aliphatic carbocycles. The molecule has 0 bridgehead atoms. The second-order valence-electron chi connectivity index (χ2n) is 4.57. The van der Waals surface area contributed by atoms with Gasteiger partial charge in [0, 0.05) is 31.5 Å². The minimum atomic E-state index is -0.187. The third-order valence-corrected chi connectivity index (χ3v) is 3.41. The van der Waals surface area contributed by atoms with E-state index in [0.29, 0.717) is 0 Å². The standard InChI is InChI=1S/C15H15FN2/c1-17-14-5-2-11-9-18(10-12(11)8-14)15-6-3-13(16)4-7-15/h2-8,17H,9-10H2,1H3. The fraction of sp³-hybridized carbons (Fsp3) is 0.200. The van der Waals surface area contributed by atoms with Crippen LogP contribution in [0.2, 0.25) is 0 Å². The van der Waals surface area contributed by atoms with Crippen molar-refractivity contribution in [1.29, 1.82) is 0 Å². The molecule has 0 atom stereocenters. The van der Waals surface area contributed by atoms with Gasteiger partial charge in [-0.05, 0) is 47.5 Å². The van der Waals surface area contributed by atoms with Crippen molar-refractivity contribution in [2.75, 3.05) is 17.3 Å². The lowest BCUT2D eigenvalue weighted by Gasteiger charge is -2.17. The highest BCUT2D eigenvalue weighted by Crippen LogP contribution is 2.29. The topological polar surface area (TPSA) is 15.3 Å². The molecule has 0 spiro atoms. The first-order valence-corrected chi connectivity index (χ1v) is 6.06. The van der Waals surface area contributed by atoms with Crippen LogP contribution in [-0.2, 0) is 13.1 Å². The highest BCUT2D eigenvalue weighted by molar-refractivity contribution is 5.56. The van der Waals surface area contributed by atoms with Crippen LogP contribution in [0.15, 0.2) is 42.5 Å². The fourth-order valence-corrected chi connectivity index (χ4v) is 2.38. The minimum absolute atomic E-state index is 0.187. The first kappa shape index (κ1) is 11.1. The van der Waals surface area contributed by atoms with E-state index < -0.39 is 0 Å². The van der Waals surface area contributed by atoms with Gasteiger partial charge in [-0.1, -0.05) is 6.07 Å². The lowest BCUT2D eigenvalue weighted by molar-refractivity contribution is 0.627. The number of fused-ring (bicyclic) bond motifs is 1. The molecule has 1 aliphatic rings. The molecule has 0 saturated carbocycles. The van der Waals surface area contributed by atoms with Gasteiger partial charge in [0.1, 0.15) is 5.82 Å². The summed E-state index contributed by atoms with van der Waals surface area (Å²) in [7, 11) is 1.93. The molecular weight excluding hydrogens is 227 g/mol. The van der Waals surface area contributed by atoms with Gasteiger partial charge in [0.15, 0.2) is 0 Å². The van der Waals surface area contributed by atoms with Crippen LogP contribution in [0.5, 0.6) is 0 Å². The number of nitrogens with one attached hydrogen (secondary N) is 1. The summed E-state index contributed by atoms with van der Waals surface area (Å²) in [5.41, 5.74) is 4.89. The van der Waals surface area contributed by atoms with E-state index in [0.717, 1.165) is 24.5 Å². The summed E-state index contributed by atoms with van der Waals surface area (Å²) in [6.07, 6.45) is 0. The molecule has 0 unspecified atom stereocenters. The smallest absolute Gasteiger partial charge is 0.123 e. The van der Waals surface area contributed by atoms with Crippen molar-refractivity contribution in [2.24, 2.45) is 0 Å². The van der Waals surface area contributed by atoms with Gasteiger partial charge in [-0.2, -0.15) is 0 Å². The zero-order valence-electron chi connectivity index (χ0n) is 10.3. The number of hydrogen-bond acceptors (Lipinski definition) is 2. The Morgan fingerprint density at radius 1 is 1.00 bits per heavy atom. The molecule has 18 heavy (non-hydrogen) atoms. The van der Waals surface area contributed by atoms with Crippen LogP contribution in [0.4, 0.5) is 15.8 Å². The highest BCUT2D eigenvalue weighted by Gasteiger charge is 2.19. The Hall–Kier alpha value is -2.03. The molecule has 3 rings (SSSR count). The number of rotatable bonds is 2. The first-order chi connectivity index (χ1) is 8.76. The van der Waals surface area contributed by atoms with Crippen molar-refractivity contribution >= 4 is 11.4 Å². The normalized spacial score (nSPS) is 13.6. The average Bonchev–Trinajstić information content (AvgIpc) is 2.82. The fourth-order valence-electron chi connectivity index (χ4n) is 2.38. The molecule has 2 aromatic rings. The molecule has 0 radical (unpaired) electrons. The number of hydrogen-bond donors (Lipinski definition) is 1. The summed E-state index contributed by atoms with van der Waals surface area (Å²) in [4.78, 5) is 2.25. The molecule has 3 heteroatoms. The van der Waals surface area contributed by atoms with Crippen molar-refractivity contribution < 1.29 is 4.39 Å². The van der Waals surface area contributed by atoms with E-state index in [-0.39, 0.29) is 5.82 Å². The first-order valence-electron chi connectivity index (χ1n) is 6.06. The molecule has 0 fully saturated rings. The van der Waals surface area contributed by atoms with Crippen molar-refractivity contribution in [1.82, 2.24) is 0 Å². The summed E-state index contributed by atoms with van der Waals surface area (Å²) >= 11 is 0. The number of anilines is 2. The van der Waals surface area contributed by atoms with E-state index in [1.165, 1.54) is 23.3 Å². The van der Waals surface area contributed by atoms with Gasteiger partial charge in [-0.25, -0.2) is 4.39 Å². The molecule has 2 nitrogen and oxygen atoms in total. The van der Waals surface area contributed by atoms with E-state index in [4.69, 9.17) is 0 Å². The SMILES string of the molecule is CNc1ccc2c(c1)CN(c1ccc(F)cc1)C2. The van der Waals surface area contributed by atoms with Crippen molar-refractivity contribution in [3.05, 3.63) is 59.4 Å². The third kappa shape index (κ3) is 1.92. The van der Waals surface area contributed by atoms with Crippen molar-refractivity contribution in [3.8, 4) is 0 Å². The maximum atomic E-state index is 12.9. The highest BCUT2D eigenvalue weighted by atomic mass is 19.1. The van der Waals surface area contributed by atoms with Crippen LogP contribution >= 0.6 is 0 Å². The Morgan fingerprint density at radius 2 is 1.72 bits per heavy atom. The van der Waals surface area contributed by atoms with Crippen LogP contribution in [0.3, 0.4) is 0 Å². The van der Waals surface area contributed by atoms with Gasteiger partial charge < -0.3 is 10.2 Å². The van der Waals surface area contributed by atoms with Gasteiger partial charge in [0.2, 0.25) is 0 Å². The lowest BCUT2D eigenvalue weighted by atomic mass is 10.1. The molecule has 2 aromatic carbocycles. The monoisotopic (exact) mass is 242 g/mol.